The molecule has 3 aromatic heterocycles. The van der Waals surface area contributed by atoms with Gasteiger partial charge >= 0.3 is 0 Å². The zero-order valence-electron chi connectivity index (χ0n) is 11.7. The van der Waals surface area contributed by atoms with Crippen LogP contribution in [0.15, 0.2) is 47.6 Å². The summed E-state index contributed by atoms with van der Waals surface area (Å²) in [5.41, 5.74) is 1.20. The molecular weight excluding hydrogens is 320 g/mol. The first-order chi connectivity index (χ1) is 11.1. The maximum atomic E-state index is 11.8. The van der Waals surface area contributed by atoms with Crippen molar-refractivity contribution in [1.29, 1.82) is 0 Å². The molecule has 0 spiro atoms. The number of allylic oxidation sites excluding steroid dienone is 1. The second-order valence-corrected chi connectivity index (χ2v) is 5.02. The number of aliphatic hydroxyl groups is 1. The van der Waals surface area contributed by atoms with E-state index >= 15 is 0 Å². The van der Waals surface area contributed by atoms with E-state index in [0.29, 0.717) is 12.2 Å². The van der Waals surface area contributed by atoms with Gasteiger partial charge in [0, 0.05) is 24.9 Å². The minimum absolute atomic E-state index is 0.0215. The molecule has 2 N–H and O–H groups in total. The lowest BCUT2D eigenvalue weighted by Crippen LogP contribution is -1.99. The topological polar surface area (TPSA) is 105 Å². The van der Waals surface area contributed by atoms with E-state index in [1.54, 1.807) is 12.4 Å². The van der Waals surface area contributed by atoms with Gasteiger partial charge in [0.05, 0.1) is 10.6 Å². The Hall–Kier alpha value is -2.93. The van der Waals surface area contributed by atoms with Crippen molar-refractivity contribution in [3.05, 3.63) is 70.9 Å². The average molecular weight is 331 g/mol. The van der Waals surface area contributed by atoms with Crippen LogP contribution in [0.2, 0.25) is 5.02 Å². The van der Waals surface area contributed by atoms with E-state index < -0.39 is 5.78 Å². The molecule has 8 heteroatoms. The van der Waals surface area contributed by atoms with Crippen molar-refractivity contribution >= 4 is 23.1 Å². The summed E-state index contributed by atoms with van der Waals surface area (Å²) in [5.74, 6) is -0.317. The molecule has 0 aliphatic carbocycles. The third kappa shape index (κ3) is 3.29. The van der Waals surface area contributed by atoms with E-state index in [0.717, 1.165) is 11.6 Å². The van der Waals surface area contributed by atoms with Crippen LogP contribution in [0.25, 0.3) is 5.76 Å². The van der Waals surface area contributed by atoms with Crippen LogP contribution in [-0.2, 0) is 6.42 Å². The molecule has 3 heterocycles. The number of H-pyrrole nitrogens is 1. The van der Waals surface area contributed by atoms with Crippen LogP contribution in [0, 0.1) is 0 Å². The van der Waals surface area contributed by atoms with E-state index in [4.69, 9.17) is 16.0 Å². The Kier molecular flexibility index (Phi) is 4.20. The number of rotatable bonds is 5. The van der Waals surface area contributed by atoms with Crippen LogP contribution in [0.1, 0.15) is 27.5 Å². The van der Waals surface area contributed by atoms with Gasteiger partial charge in [-0.05, 0) is 17.7 Å². The monoisotopic (exact) mass is 330 g/mol. The minimum Gasteiger partial charge on any atom is -0.507 e. The van der Waals surface area contributed by atoms with Gasteiger partial charge in [0.1, 0.15) is 24.1 Å². The fourth-order valence-electron chi connectivity index (χ4n) is 1.96. The summed E-state index contributed by atoms with van der Waals surface area (Å²) >= 11 is 6.22. The molecule has 0 radical (unpaired) electrons. The highest BCUT2D eigenvalue weighted by Gasteiger charge is 2.17. The third-order valence-electron chi connectivity index (χ3n) is 3.11. The van der Waals surface area contributed by atoms with Crippen LogP contribution in [0.5, 0.6) is 0 Å². The molecule has 0 aliphatic rings. The van der Waals surface area contributed by atoms with Gasteiger partial charge in [-0.2, -0.15) is 5.10 Å². The molecule has 0 bridgehead atoms. The van der Waals surface area contributed by atoms with Gasteiger partial charge < -0.3 is 9.52 Å². The van der Waals surface area contributed by atoms with E-state index in [1.807, 2.05) is 12.1 Å². The average Bonchev–Trinajstić information content (AvgIpc) is 3.19. The van der Waals surface area contributed by atoms with Gasteiger partial charge in [-0.1, -0.05) is 11.6 Å². The SMILES string of the molecule is O=C(C=C(O)c1coc(Cc2ccncc2)c1Cl)c1ncn[nH]1. The lowest BCUT2D eigenvalue weighted by molar-refractivity contribution is 0.103. The first kappa shape index (κ1) is 15.0. The molecule has 0 aromatic carbocycles. The number of carbonyl (C=O) groups is 1. The number of pyridine rings is 1. The van der Waals surface area contributed by atoms with Crippen molar-refractivity contribution in [2.45, 2.75) is 6.42 Å². The molecule has 0 amide bonds. The predicted octanol–water partition coefficient (Wildman–Crippen LogP) is 2.82. The Morgan fingerprint density at radius 1 is 1.39 bits per heavy atom. The van der Waals surface area contributed by atoms with Gasteiger partial charge in [0.15, 0.2) is 5.82 Å². The number of aromatic amines is 1. The van der Waals surface area contributed by atoms with Gasteiger partial charge in [-0.25, -0.2) is 4.98 Å². The summed E-state index contributed by atoms with van der Waals surface area (Å²) in [6, 6.07) is 3.67. The highest BCUT2D eigenvalue weighted by atomic mass is 35.5. The zero-order chi connectivity index (χ0) is 16.2. The lowest BCUT2D eigenvalue weighted by atomic mass is 10.1. The number of hydrogen-bond donors (Lipinski definition) is 2. The quantitative estimate of drug-likeness (QED) is 0.423. The number of carbonyl (C=O) groups excluding carboxylic acids is 1. The van der Waals surface area contributed by atoms with Crippen molar-refractivity contribution in [3.63, 3.8) is 0 Å². The molecule has 7 nitrogen and oxygen atoms in total. The fourth-order valence-corrected chi connectivity index (χ4v) is 2.21. The highest BCUT2D eigenvalue weighted by Crippen LogP contribution is 2.29. The number of nitrogens with one attached hydrogen (secondary N) is 1. The van der Waals surface area contributed by atoms with Crippen molar-refractivity contribution in [2.75, 3.05) is 0 Å². The van der Waals surface area contributed by atoms with Crippen LogP contribution < -0.4 is 0 Å². The van der Waals surface area contributed by atoms with Crippen LogP contribution in [0.3, 0.4) is 0 Å². The first-order valence-electron chi connectivity index (χ1n) is 6.60. The summed E-state index contributed by atoms with van der Waals surface area (Å²) < 4.78 is 5.39. The molecular formula is C15H11ClN4O3. The van der Waals surface area contributed by atoms with Gasteiger partial charge in [-0.15, -0.1) is 0 Å². The summed E-state index contributed by atoms with van der Waals surface area (Å²) in [5, 5.41) is 16.3. The number of aromatic nitrogens is 4. The Bertz CT molecular complexity index is 841. The van der Waals surface area contributed by atoms with Crippen LogP contribution in [-0.4, -0.2) is 31.1 Å². The molecule has 116 valence electrons. The second kappa shape index (κ2) is 6.45. The Labute approximate surface area is 135 Å². The predicted molar refractivity (Wildman–Crippen MR) is 82.1 cm³/mol. The second-order valence-electron chi connectivity index (χ2n) is 4.65. The first-order valence-corrected chi connectivity index (χ1v) is 6.98. The van der Waals surface area contributed by atoms with Crippen molar-refractivity contribution in [3.8, 4) is 0 Å². The largest absolute Gasteiger partial charge is 0.507 e. The summed E-state index contributed by atoms with van der Waals surface area (Å²) in [6.45, 7) is 0. The van der Waals surface area contributed by atoms with Crippen LogP contribution >= 0.6 is 11.6 Å². The molecule has 0 atom stereocenters. The zero-order valence-corrected chi connectivity index (χ0v) is 12.5. The van der Waals surface area contributed by atoms with E-state index in [-0.39, 0.29) is 22.2 Å². The number of hydrogen-bond acceptors (Lipinski definition) is 6. The number of furan rings is 1. The minimum atomic E-state index is -0.520. The molecule has 3 aromatic rings. The number of halogens is 1. The summed E-state index contributed by atoms with van der Waals surface area (Å²) in [7, 11) is 0. The van der Waals surface area contributed by atoms with Gasteiger partial charge in [0.2, 0.25) is 5.78 Å². The molecule has 23 heavy (non-hydrogen) atoms. The molecule has 0 unspecified atom stereocenters. The maximum absolute atomic E-state index is 11.8. The normalized spacial score (nSPS) is 11.6. The van der Waals surface area contributed by atoms with E-state index in [9.17, 15) is 9.90 Å². The van der Waals surface area contributed by atoms with Gasteiger partial charge in [-0.3, -0.25) is 14.9 Å². The van der Waals surface area contributed by atoms with Crippen molar-refractivity contribution in [2.24, 2.45) is 0 Å². The van der Waals surface area contributed by atoms with E-state index in [1.165, 1.54) is 12.6 Å². The third-order valence-corrected chi connectivity index (χ3v) is 3.52. The lowest BCUT2D eigenvalue weighted by Gasteiger charge is -1.99. The molecule has 0 saturated heterocycles. The molecule has 0 fully saturated rings. The molecule has 3 rings (SSSR count). The number of ketones is 1. The van der Waals surface area contributed by atoms with Crippen molar-refractivity contribution < 1.29 is 14.3 Å². The summed E-state index contributed by atoms with van der Waals surface area (Å²) in [4.78, 5) is 19.5. The molecule has 0 aliphatic heterocycles. The van der Waals surface area contributed by atoms with Crippen LogP contribution in [0.4, 0.5) is 0 Å². The summed E-state index contributed by atoms with van der Waals surface area (Å²) in [6.07, 6.45) is 7.30. The number of nitrogens with zero attached hydrogens (tertiary/aromatic N) is 3. The Balaban J connectivity index is 1.82. The maximum Gasteiger partial charge on any atom is 0.226 e. The van der Waals surface area contributed by atoms with E-state index in [2.05, 4.69) is 20.2 Å². The molecule has 0 saturated carbocycles. The Morgan fingerprint density at radius 3 is 2.87 bits per heavy atom. The number of aliphatic hydroxyl groups excluding tert-OH is 1. The standard InChI is InChI=1S/C15H11ClN4O3/c16-14-10(11(21)6-12(22)15-18-8-19-20-15)7-23-13(14)5-9-1-3-17-4-2-9/h1-4,6-8,21H,5H2,(H,18,19,20). The van der Waals surface area contributed by atoms with Gasteiger partial charge in [0.25, 0.3) is 0 Å². The smallest absolute Gasteiger partial charge is 0.226 e. The Morgan fingerprint density at radius 2 is 2.17 bits per heavy atom. The highest BCUT2D eigenvalue weighted by molar-refractivity contribution is 6.33. The fraction of sp³-hybridized carbons (Fsp3) is 0.0667. The van der Waals surface area contributed by atoms with Crippen molar-refractivity contribution in [1.82, 2.24) is 20.2 Å².